The number of ether oxygens (including phenoxy) is 1. The first-order chi connectivity index (χ1) is 9.16. The summed E-state index contributed by atoms with van der Waals surface area (Å²) in [5.74, 6) is 0.141. The van der Waals surface area contributed by atoms with Gasteiger partial charge >= 0.3 is 0 Å². The molecular weight excluding hydrogens is 264 g/mol. The van der Waals surface area contributed by atoms with Gasteiger partial charge in [0.05, 0.1) is 18.7 Å². The van der Waals surface area contributed by atoms with Gasteiger partial charge in [0, 0.05) is 11.6 Å². The van der Waals surface area contributed by atoms with Crippen LogP contribution in [0, 0.1) is 0 Å². The molecule has 0 radical (unpaired) electrons. The number of benzene rings is 1. The Hall–Kier alpha value is -1.10. The molecule has 2 aliphatic heterocycles. The van der Waals surface area contributed by atoms with Crippen LogP contribution < -0.4 is 5.32 Å². The van der Waals surface area contributed by atoms with Gasteiger partial charge < -0.3 is 9.64 Å². The number of nitrogens with one attached hydrogen (secondary N) is 1. The molecule has 5 heteroatoms. The third-order valence-corrected chi connectivity index (χ3v) is 4.14. The van der Waals surface area contributed by atoms with Gasteiger partial charge in [-0.25, -0.2) is 0 Å². The third kappa shape index (κ3) is 2.36. The molecule has 19 heavy (non-hydrogen) atoms. The van der Waals surface area contributed by atoms with Crippen LogP contribution in [0.1, 0.15) is 25.1 Å². The maximum Gasteiger partial charge on any atom is 0.238 e. The average molecular weight is 281 g/mol. The Morgan fingerprint density at radius 3 is 2.74 bits per heavy atom. The van der Waals surface area contributed by atoms with Gasteiger partial charge in [0.2, 0.25) is 5.91 Å². The van der Waals surface area contributed by atoms with Crippen LogP contribution in [0.3, 0.4) is 0 Å². The molecule has 0 spiro atoms. The van der Waals surface area contributed by atoms with Crippen molar-refractivity contribution >= 4 is 17.5 Å². The standard InChI is InChI=1S/C14H17ClN2O2/c1-9-12(6-7-19-9)17-13(18)8-16-14(17)10-2-4-11(15)5-3-10/h2-5,9,12,14,16H,6-8H2,1H3. The van der Waals surface area contributed by atoms with Crippen molar-refractivity contribution in [3.8, 4) is 0 Å². The molecule has 1 aromatic carbocycles. The highest BCUT2D eigenvalue weighted by molar-refractivity contribution is 6.30. The van der Waals surface area contributed by atoms with Gasteiger partial charge in [-0.2, -0.15) is 0 Å². The van der Waals surface area contributed by atoms with E-state index in [1.54, 1.807) is 0 Å². The lowest BCUT2D eigenvalue weighted by molar-refractivity contribution is -0.131. The Morgan fingerprint density at radius 1 is 1.37 bits per heavy atom. The fourth-order valence-electron chi connectivity index (χ4n) is 2.90. The number of carbonyl (C=O) groups is 1. The molecule has 2 aliphatic rings. The predicted octanol–water partition coefficient (Wildman–Crippen LogP) is 1.95. The first-order valence-corrected chi connectivity index (χ1v) is 6.96. The van der Waals surface area contributed by atoms with Gasteiger partial charge in [0.15, 0.2) is 0 Å². The number of hydrogen-bond donors (Lipinski definition) is 1. The van der Waals surface area contributed by atoms with Crippen LogP contribution in [0.25, 0.3) is 0 Å². The molecule has 0 aromatic heterocycles. The number of carbonyl (C=O) groups excluding carboxylic acids is 1. The molecule has 4 nitrogen and oxygen atoms in total. The molecule has 0 aliphatic carbocycles. The lowest BCUT2D eigenvalue weighted by Gasteiger charge is -2.32. The summed E-state index contributed by atoms with van der Waals surface area (Å²) in [5, 5.41) is 3.97. The normalized spacial score (nSPS) is 31.2. The van der Waals surface area contributed by atoms with Gasteiger partial charge in [0.1, 0.15) is 6.17 Å². The van der Waals surface area contributed by atoms with E-state index < -0.39 is 0 Å². The summed E-state index contributed by atoms with van der Waals surface area (Å²) in [5.41, 5.74) is 1.06. The fourth-order valence-corrected chi connectivity index (χ4v) is 3.03. The van der Waals surface area contributed by atoms with E-state index >= 15 is 0 Å². The van der Waals surface area contributed by atoms with Gasteiger partial charge in [-0.3, -0.25) is 10.1 Å². The molecule has 3 atom stereocenters. The summed E-state index contributed by atoms with van der Waals surface area (Å²) in [6.07, 6.45) is 0.927. The van der Waals surface area contributed by atoms with Crippen LogP contribution in [-0.2, 0) is 9.53 Å². The van der Waals surface area contributed by atoms with Crippen molar-refractivity contribution in [2.75, 3.05) is 13.2 Å². The van der Waals surface area contributed by atoms with Crippen LogP contribution in [-0.4, -0.2) is 36.1 Å². The smallest absolute Gasteiger partial charge is 0.238 e. The van der Waals surface area contributed by atoms with E-state index in [0.717, 1.165) is 18.6 Å². The molecular formula is C14H17ClN2O2. The molecule has 2 saturated heterocycles. The Bertz CT molecular complexity index is 477. The van der Waals surface area contributed by atoms with Crippen molar-refractivity contribution in [2.24, 2.45) is 0 Å². The van der Waals surface area contributed by atoms with E-state index in [9.17, 15) is 4.79 Å². The quantitative estimate of drug-likeness (QED) is 0.900. The lowest BCUT2D eigenvalue weighted by atomic mass is 10.1. The fraction of sp³-hybridized carbons (Fsp3) is 0.500. The third-order valence-electron chi connectivity index (χ3n) is 3.89. The molecule has 2 heterocycles. The highest BCUT2D eigenvalue weighted by Gasteiger charge is 2.41. The second-order valence-corrected chi connectivity index (χ2v) is 5.50. The molecule has 0 bridgehead atoms. The summed E-state index contributed by atoms with van der Waals surface area (Å²) in [4.78, 5) is 14.1. The molecule has 102 valence electrons. The molecule has 3 unspecified atom stereocenters. The summed E-state index contributed by atoms with van der Waals surface area (Å²) in [7, 11) is 0. The number of hydrogen-bond acceptors (Lipinski definition) is 3. The van der Waals surface area contributed by atoms with Crippen LogP contribution in [0.2, 0.25) is 5.02 Å². The predicted molar refractivity (Wildman–Crippen MR) is 72.9 cm³/mol. The van der Waals surface area contributed by atoms with Crippen molar-refractivity contribution in [3.63, 3.8) is 0 Å². The monoisotopic (exact) mass is 280 g/mol. The molecule has 3 rings (SSSR count). The summed E-state index contributed by atoms with van der Waals surface area (Å²) in [6, 6.07) is 7.80. The van der Waals surface area contributed by atoms with Gasteiger partial charge in [-0.15, -0.1) is 0 Å². The summed E-state index contributed by atoms with van der Waals surface area (Å²) in [6.45, 7) is 3.14. The first-order valence-electron chi connectivity index (χ1n) is 6.58. The second kappa shape index (κ2) is 5.12. The van der Waals surface area contributed by atoms with Crippen molar-refractivity contribution in [2.45, 2.75) is 31.7 Å². The van der Waals surface area contributed by atoms with Gasteiger partial charge in [-0.05, 0) is 31.0 Å². The SMILES string of the molecule is CC1OCCC1N1C(=O)CNC1c1ccc(Cl)cc1. The Kier molecular flexibility index (Phi) is 3.48. The van der Waals surface area contributed by atoms with Crippen molar-refractivity contribution in [1.82, 2.24) is 10.2 Å². The number of halogens is 1. The molecule has 1 N–H and O–H groups in total. The molecule has 1 amide bonds. The van der Waals surface area contributed by atoms with Crippen molar-refractivity contribution < 1.29 is 9.53 Å². The summed E-state index contributed by atoms with van der Waals surface area (Å²) >= 11 is 5.91. The lowest BCUT2D eigenvalue weighted by Crippen LogP contribution is -2.43. The first kappa shape index (κ1) is 12.9. The molecule has 0 saturated carbocycles. The minimum absolute atomic E-state index is 0.0704. The zero-order valence-corrected chi connectivity index (χ0v) is 11.6. The topological polar surface area (TPSA) is 41.6 Å². The van der Waals surface area contributed by atoms with Crippen molar-refractivity contribution in [3.05, 3.63) is 34.9 Å². The molecule has 2 fully saturated rings. The maximum absolute atomic E-state index is 12.1. The minimum Gasteiger partial charge on any atom is -0.376 e. The van der Waals surface area contributed by atoms with Crippen molar-refractivity contribution in [1.29, 1.82) is 0 Å². The number of rotatable bonds is 2. The minimum atomic E-state index is -0.0704. The highest BCUT2D eigenvalue weighted by atomic mass is 35.5. The van der Waals surface area contributed by atoms with E-state index in [1.165, 1.54) is 0 Å². The van der Waals surface area contributed by atoms with E-state index in [4.69, 9.17) is 16.3 Å². The zero-order valence-electron chi connectivity index (χ0n) is 10.8. The Balaban J connectivity index is 1.87. The van der Waals surface area contributed by atoms with Gasteiger partial charge in [-0.1, -0.05) is 23.7 Å². The Morgan fingerprint density at radius 2 is 2.11 bits per heavy atom. The van der Waals surface area contributed by atoms with E-state index in [1.807, 2.05) is 36.1 Å². The van der Waals surface area contributed by atoms with Crippen LogP contribution in [0.15, 0.2) is 24.3 Å². The van der Waals surface area contributed by atoms with E-state index in [0.29, 0.717) is 11.6 Å². The van der Waals surface area contributed by atoms with Crippen LogP contribution in [0.5, 0.6) is 0 Å². The molecule has 1 aromatic rings. The largest absolute Gasteiger partial charge is 0.376 e. The van der Waals surface area contributed by atoms with Crippen LogP contribution >= 0.6 is 11.6 Å². The van der Waals surface area contributed by atoms with Gasteiger partial charge in [0.25, 0.3) is 0 Å². The highest BCUT2D eigenvalue weighted by Crippen LogP contribution is 2.31. The zero-order chi connectivity index (χ0) is 13.4. The number of amides is 1. The van der Waals surface area contributed by atoms with E-state index in [2.05, 4.69) is 5.32 Å². The summed E-state index contributed by atoms with van der Waals surface area (Å²) < 4.78 is 5.59. The average Bonchev–Trinajstić information content (AvgIpc) is 2.96. The van der Waals surface area contributed by atoms with Crippen LogP contribution in [0.4, 0.5) is 0 Å². The second-order valence-electron chi connectivity index (χ2n) is 5.07. The van der Waals surface area contributed by atoms with E-state index in [-0.39, 0.29) is 24.2 Å². The number of nitrogens with zero attached hydrogens (tertiary/aromatic N) is 1. The Labute approximate surface area is 117 Å². The maximum atomic E-state index is 12.1.